The molecule has 0 fully saturated rings. The molecule has 0 atom stereocenters. The van der Waals surface area contributed by atoms with E-state index in [1.54, 1.807) is 0 Å². The molecule has 2 aromatic carbocycles. The van der Waals surface area contributed by atoms with Crippen LogP contribution in [0.15, 0.2) is 46.4 Å². The lowest BCUT2D eigenvalue weighted by Crippen LogP contribution is -2.28. The minimum atomic E-state index is 0.986. The van der Waals surface area contributed by atoms with Crippen LogP contribution in [0.2, 0.25) is 0 Å². The number of aliphatic imine (C=N–C) groups is 2. The summed E-state index contributed by atoms with van der Waals surface area (Å²) in [4.78, 5) is 15.8. The molecule has 240 valence electrons. The number of benzene rings is 2. The van der Waals surface area contributed by atoms with E-state index in [1.165, 1.54) is 66.0 Å². The molecule has 2 aromatic rings. The Balaban J connectivity index is 2.70. The van der Waals surface area contributed by atoms with Crippen LogP contribution >= 0.6 is 0 Å². The van der Waals surface area contributed by atoms with Crippen molar-refractivity contribution < 1.29 is 0 Å². The summed E-state index contributed by atoms with van der Waals surface area (Å²) in [5, 5.41) is 0. The van der Waals surface area contributed by atoms with Gasteiger partial charge in [0.1, 0.15) is 0 Å². The fraction of sp³-hybridized carbons (Fsp3) is 0.641. The molecule has 0 N–H and O–H groups in total. The van der Waals surface area contributed by atoms with Crippen molar-refractivity contribution in [3.8, 4) is 0 Å². The lowest BCUT2D eigenvalue weighted by Gasteiger charge is -2.30. The zero-order valence-electron chi connectivity index (χ0n) is 29.3. The Morgan fingerprint density at radius 3 is 1.49 bits per heavy atom. The van der Waals surface area contributed by atoms with Crippen molar-refractivity contribution in [1.29, 1.82) is 0 Å². The van der Waals surface area contributed by atoms with Crippen LogP contribution in [-0.2, 0) is 12.8 Å². The van der Waals surface area contributed by atoms with Crippen LogP contribution in [0.1, 0.15) is 137 Å². The zero-order chi connectivity index (χ0) is 31.5. The highest BCUT2D eigenvalue weighted by Crippen LogP contribution is 2.34. The normalized spacial score (nSPS) is 12.2. The summed E-state index contributed by atoms with van der Waals surface area (Å²) < 4.78 is 0. The highest BCUT2D eigenvalue weighted by Gasteiger charge is 2.16. The van der Waals surface area contributed by atoms with Crippen molar-refractivity contribution in [2.24, 2.45) is 9.98 Å². The van der Waals surface area contributed by atoms with Crippen LogP contribution in [0, 0.1) is 0 Å². The van der Waals surface area contributed by atoms with E-state index in [2.05, 4.69) is 102 Å². The Morgan fingerprint density at radius 2 is 0.977 bits per heavy atom. The third-order valence-electron chi connectivity index (χ3n) is 8.43. The van der Waals surface area contributed by atoms with E-state index >= 15 is 0 Å². The topological polar surface area (TPSA) is 31.2 Å². The summed E-state index contributed by atoms with van der Waals surface area (Å²) in [5.41, 5.74) is 9.98. The summed E-state index contributed by atoms with van der Waals surface area (Å²) >= 11 is 0. The fourth-order valence-electron chi connectivity index (χ4n) is 6.01. The zero-order valence-corrected chi connectivity index (χ0v) is 29.3. The smallest absolute Gasteiger partial charge is 0.0655 e. The maximum absolute atomic E-state index is 5.45. The summed E-state index contributed by atoms with van der Waals surface area (Å²) in [6.07, 6.45) is 15.0. The van der Waals surface area contributed by atoms with Gasteiger partial charge in [0.05, 0.1) is 34.2 Å². The molecule has 2 rings (SSSR count). The van der Waals surface area contributed by atoms with Crippen LogP contribution in [0.4, 0.5) is 22.7 Å². The minimum absolute atomic E-state index is 0.986. The first-order valence-electron chi connectivity index (χ1n) is 17.9. The second-order valence-corrected chi connectivity index (χ2v) is 11.9. The average Bonchev–Trinajstić information content (AvgIpc) is 3.00. The van der Waals surface area contributed by atoms with Gasteiger partial charge in [0.15, 0.2) is 0 Å². The predicted molar refractivity (Wildman–Crippen MR) is 195 cm³/mol. The molecule has 0 unspecified atom stereocenters. The van der Waals surface area contributed by atoms with E-state index in [9.17, 15) is 0 Å². The van der Waals surface area contributed by atoms with Crippen molar-refractivity contribution in [1.82, 2.24) is 0 Å². The molecule has 0 radical (unpaired) electrons. The van der Waals surface area contributed by atoms with Crippen LogP contribution in [0.25, 0.3) is 0 Å². The highest BCUT2D eigenvalue weighted by molar-refractivity contribution is 6.43. The van der Waals surface area contributed by atoms with Gasteiger partial charge < -0.3 is 9.80 Å². The minimum Gasteiger partial charge on any atom is -0.370 e. The monoisotopic (exact) mass is 589 g/mol. The van der Waals surface area contributed by atoms with Crippen LogP contribution < -0.4 is 9.80 Å². The van der Waals surface area contributed by atoms with E-state index in [0.717, 1.165) is 88.9 Å². The molecular formula is C39H64N4. The molecule has 0 spiro atoms. The second kappa shape index (κ2) is 21.1. The van der Waals surface area contributed by atoms with Crippen LogP contribution in [-0.4, -0.2) is 37.6 Å². The molecule has 4 heteroatoms. The number of hydrogen-bond acceptors (Lipinski definition) is 4. The molecule has 0 aliphatic rings. The number of hydrogen-bond donors (Lipinski definition) is 0. The lowest BCUT2D eigenvalue weighted by atomic mass is 10.00. The number of aryl methyl sites for hydroxylation is 2. The van der Waals surface area contributed by atoms with Crippen LogP contribution in [0.5, 0.6) is 0 Å². The predicted octanol–water partition coefficient (Wildman–Crippen LogP) is 11.7. The Labute approximate surface area is 266 Å². The molecule has 4 nitrogen and oxygen atoms in total. The Hall–Kier alpha value is -2.62. The van der Waals surface area contributed by atoms with E-state index in [1.807, 2.05) is 0 Å². The summed E-state index contributed by atoms with van der Waals surface area (Å²) in [6.45, 7) is 22.1. The first kappa shape index (κ1) is 36.6. The molecule has 0 saturated heterocycles. The molecule has 0 amide bonds. The fourth-order valence-corrected chi connectivity index (χ4v) is 6.01. The van der Waals surface area contributed by atoms with Gasteiger partial charge in [0.2, 0.25) is 0 Å². The molecule has 0 aliphatic heterocycles. The maximum atomic E-state index is 5.45. The van der Waals surface area contributed by atoms with E-state index in [-0.39, 0.29) is 0 Å². The summed E-state index contributed by atoms with van der Waals surface area (Å²) in [5.74, 6) is 0. The number of anilines is 2. The van der Waals surface area contributed by atoms with Crippen molar-refractivity contribution in [2.45, 2.75) is 139 Å². The highest BCUT2D eigenvalue weighted by atomic mass is 15.2. The van der Waals surface area contributed by atoms with Gasteiger partial charge in [-0.05, 0) is 108 Å². The number of rotatable bonds is 22. The second-order valence-electron chi connectivity index (χ2n) is 11.9. The number of unbranched alkanes of at least 4 members (excludes halogenated alkanes) is 5. The molecule has 43 heavy (non-hydrogen) atoms. The van der Waals surface area contributed by atoms with Gasteiger partial charge in [0, 0.05) is 26.2 Å². The van der Waals surface area contributed by atoms with Crippen molar-refractivity contribution in [3.05, 3.63) is 47.5 Å². The SMILES string of the molecule is CCCCCCC(=Nc1ccc(N(CC)CC)c(N(CC)CC)c1)C(CCCCC)=Nc1cc(CCC)cc(CCC)c1. The Bertz CT molecular complexity index is 1080. The maximum Gasteiger partial charge on any atom is 0.0655 e. The van der Waals surface area contributed by atoms with Gasteiger partial charge in [-0.1, -0.05) is 78.7 Å². The van der Waals surface area contributed by atoms with E-state index in [4.69, 9.17) is 9.98 Å². The van der Waals surface area contributed by atoms with Gasteiger partial charge in [0.25, 0.3) is 0 Å². The van der Waals surface area contributed by atoms with Gasteiger partial charge in [-0.15, -0.1) is 0 Å². The molecule has 0 heterocycles. The number of nitrogens with zero attached hydrogens (tertiary/aromatic N) is 4. The average molecular weight is 589 g/mol. The first-order chi connectivity index (χ1) is 21.0. The van der Waals surface area contributed by atoms with Crippen LogP contribution in [0.3, 0.4) is 0 Å². The lowest BCUT2D eigenvalue weighted by molar-refractivity contribution is 0.683. The molecule has 0 aliphatic carbocycles. The Morgan fingerprint density at radius 1 is 0.488 bits per heavy atom. The van der Waals surface area contributed by atoms with Gasteiger partial charge in [-0.2, -0.15) is 0 Å². The molecule has 0 saturated carbocycles. The van der Waals surface area contributed by atoms with Crippen molar-refractivity contribution in [3.63, 3.8) is 0 Å². The van der Waals surface area contributed by atoms with Gasteiger partial charge in [-0.3, -0.25) is 9.98 Å². The largest absolute Gasteiger partial charge is 0.370 e. The third kappa shape index (κ3) is 12.1. The van der Waals surface area contributed by atoms with E-state index < -0.39 is 0 Å². The van der Waals surface area contributed by atoms with Crippen molar-refractivity contribution in [2.75, 3.05) is 36.0 Å². The Kier molecular flexibility index (Phi) is 18.0. The summed E-state index contributed by atoms with van der Waals surface area (Å²) in [7, 11) is 0. The summed E-state index contributed by atoms with van der Waals surface area (Å²) in [6, 6.07) is 13.9. The van der Waals surface area contributed by atoms with Gasteiger partial charge >= 0.3 is 0 Å². The van der Waals surface area contributed by atoms with E-state index in [0.29, 0.717) is 0 Å². The molecular weight excluding hydrogens is 524 g/mol. The molecule has 0 bridgehead atoms. The third-order valence-corrected chi connectivity index (χ3v) is 8.43. The molecule has 0 aromatic heterocycles. The van der Waals surface area contributed by atoms with Crippen molar-refractivity contribution >= 4 is 34.2 Å². The quantitative estimate of drug-likeness (QED) is 0.101. The first-order valence-corrected chi connectivity index (χ1v) is 17.9. The van der Waals surface area contributed by atoms with Gasteiger partial charge in [-0.25, -0.2) is 0 Å². The standard InChI is InChI=1S/C39H64N4/c1-9-17-19-21-25-36(40-34-26-27-38(42(13-5)14-6)39(31-34)43(15-7)16-8)37(24-20-18-10-2)41-35-29-32(22-11-3)28-33(30-35)23-12-4/h26-31H,9-25H2,1-8H3.